The summed E-state index contributed by atoms with van der Waals surface area (Å²) in [6, 6.07) is 11.1. The van der Waals surface area contributed by atoms with E-state index in [1.165, 1.54) is 10.7 Å². The molecule has 0 aliphatic heterocycles. The van der Waals surface area contributed by atoms with E-state index in [0.717, 1.165) is 11.1 Å². The molecular formula is C18H20N4O2. The van der Waals surface area contributed by atoms with Crippen molar-refractivity contribution in [1.82, 2.24) is 19.9 Å². The molecular weight excluding hydrogens is 304 g/mol. The van der Waals surface area contributed by atoms with Crippen molar-refractivity contribution in [3.05, 3.63) is 63.7 Å². The highest BCUT2D eigenvalue weighted by molar-refractivity contribution is 5.45. The second-order valence-electron chi connectivity index (χ2n) is 6.88. The van der Waals surface area contributed by atoms with E-state index in [4.69, 9.17) is 4.52 Å². The van der Waals surface area contributed by atoms with Crippen molar-refractivity contribution < 1.29 is 4.52 Å². The first-order valence-electron chi connectivity index (χ1n) is 7.81. The van der Waals surface area contributed by atoms with E-state index in [1.54, 1.807) is 6.07 Å². The van der Waals surface area contributed by atoms with E-state index in [9.17, 15) is 4.79 Å². The number of hydrogen-bond donors (Lipinski definition) is 0. The van der Waals surface area contributed by atoms with Crippen molar-refractivity contribution in [3.8, 4) is 11.6 Å². The van der Waals surface area contributed by atoms with Crippen LogP contribution in [0.15, 0.2) is 45.7 Å². The molecule has 6 nitrogen and oxygen atoms in total. The molecule has 124 valence electrons. The molecule has 0 spiro atoms. The first kappa shape index (κ1) is 16.1. The zero-order chi connectivity index (χ0) is 17.3. The van der Waals surface area contributed by atoms with Gasteiger partial charge in [-0.25, -0.2) is 4.68 Å². The van der Waals surface area contributed by atoms with Crippen LogP contribution in [0.3, 0.4) is 0 Å². The van der Waals surface area contributed by atoms with Gasteiger partial charge >= 0.3 is 0 Å². The van der Waals surface area contributed by atoms with Crippen LogP contribution in [0.25, 0.3) is 11.6 Å². The quantitative estimate of drug-likeness (QED) is 0.740. The molecule has 0 amide bonds. The summed E-state index contributed by atoms with van der Waals surface area (Å²) in [5.41, 5.74) is 2.27. The van der Waals surface area contributed by atoms with Gasteiger partial charge in [0.2, 0.25) is 0 Å². The minimum atomic E-state index is -0.211. The number of hydrogen-bond acceptors (Lipinski definition) is 5. The lowest BCUT2D eigenvalue weighted by atomic mass is 9.96. The van der Waals surface area contributed by atoms with Crippen molar-refractivity contribution in [3.63, 3.8) is 0 Å². The third kappa shape index (κ3) is 3.42. The number of rotatable bonds is 3. The Balaban J connectivity index is 1.94. The molecule has 0 N–H and O–H groups in total. The summed E-state index contributed by atoms with van der Waals surface area (Å²) in [4.78, 5) is 16.5. The maximum absolute atomic E-state index is 12.1. The predicted molar refractivity (Wildman–Crippen MR) is 90.8 cm³/mol. The zero-order valence-corrected chi connectivity index (χ0v) is 14.3. The van der Waals surface area contributed by atoms with Gasteiger partial charge in [0.05, 0.1) is 6.54 Å². The molecule has 0 saturated heterocycles. The summed E-state index contributed by atoms with van der Waals surface area (Å²) in [5, 5.41) is 8.37. The maximum Gasteiger partial charge on any atom is 0.278 e. The van der Waals surface area contributed by atoms with Crippen molar-refractivity contribution >= 4 is 0 Å². The van der Waals surface area contributed by atoms with Crippen molar-refractivity contribution in [2.45, 2.75) is 39.7 Å². The van der Waals surface area contributed by atoms with Gasteiger partial charge in [0, 0.05) is 11.5 Å². The van der Waals surface area contributed by atoms with Crippen LogP contribution in [0.2, 0.25) is 0 Å². The zero-order valence-electron chi connectivity index (χ0n) is 14.3. The summed E-state index contributed by atoms with van der Waals surface area (Å²) in [7, 11) is 0. The van der Waals surface area contributed by atoms with Gasteiger partial charge in [0.1, 0.15) is 5.69 Å². The summed E-state index contributed by atoms with van der Waals surface area (Å²) < 4.78 is 6.71. The van der Waals surface area contributed by atoms with Crippen molar-refractivity contribution in [2.75, 3.05) is 0 Å². The van der Waals surface area contributed by atoms with Gasteiger partial charge in [-0.1, -0.05) is 55.8 Å². The lowest BCUT2D eigenvalue weighted by molar-refractivity contribution is 0.400. The molecule has 0 saturated carbocycles. The van der Waals surface area contributed by atoms with Crippen molar-refractivity contribution in [1.29, 1.82) is 0 Å². The Morgan fingerprint density at radius 2 is 1.96 bits per heavy atom. The maximum atomic E-state index is 12.1. The molecule has 0 aliphatic carbocycles. The summed E-state index contributed by atoms with van der Waals surface area (Å²) >= 11 is 0. The second kappa shape index (κ2) is 6.03. The number of aromatic nitrogens is 4. The van der Waals surface area contributed by atoms with Gasteiger partial charge in [-0.3, -0.25) is 4.79 Å². The SMILES string of the molecule is Cc1cccc(Cn2nc(-c3nc(C(C)(C)C)no3)ccc2=O)c1. The van der Waals surface area contributed by atoms with E-state index in [1.807, 2.05) is 52.0 Å². The third-order valence-electron chi connectivity index (χ3n) is 3.60. The van der Waals surface area contributed by atoms with E-state index in [0.29, 0.717) is 24.0 Å². The fraction of sp³-hybridized carbons (Fsp3) is 0.333. The van der Waals surface area contributed by atoms with Gasteiger partial charge in [0.15, 0.2) is 5.82 Å². The topological polar surface area (TPSA) is 73.8 Å². The Labute approximate surface area is 140 Å². The van der Waals surface area contributed by atoms with Crippen LogP contribution in [0.4, 0.5) is 0 Å². The molecule has 0 radical (unpaired) electrons. The molecule has 6 heteroatoms. The highest BCUT2D eigenvalue weighted by Gasteiger charge is 2.22. The standard InChI is InChI=1S/C18H20N4O2/c1-12-6-5-7-13(10-12)11-22-15(23)9-8-14(20-22)16-19-17(21-24-16)18(2,3)4/h5-10H,11H2,1-4H3. The van der Waals surface area contributed by atoms with Crippen LogP contribution >= 0.6 is 0 Å². The second-order valence-corrected chi connectivity index (χ2v) is 6.88. The lowest BCUT2D eigenvalue weighted by Crippen LogP contribution is -2.23. The van der Waals surface area contributed by atoms with Crippen LogP contribution < -0.4 is 5.56 Å². The molecule has 0 aliphatic rings. The van der Waals surface area contributed by atoms with Gasteiger partial charge in [-0.15, -0.1) is 0 Å². The van der Waals surface area contributed by atoms with E-state index in [-0.39, 0.29) is 11.0 Å². The van der Waals surface area contributed by atoms with Crippen LogP contribution in [0.5, 0.6) is 0 Å². The first-order chi connectivity index (χ1) is 11.3. The number of nitrogens with zero attached hydrogens (tertiary/aromatic N) is 4. The molecule has 0 unspecified atom stereocenters. The van der Waals surface area contributed by atoms with Crippen LogP contribution in [0, 0.1) is 6.92 Å². The number of aryl methyl sites for hydroxylation is 1. The van der Waals surface area contributed by atoms with Gasteiger partial charge in [-0.2, -0.15) is 10.1 Å². The Hall–Kier alpha value is -2.76. The Morgan fingerprint density at radius 1 is 1.17 bits per heavy atom. The molecule has 3 aromatic rings. The molecule has 1 aromatic carbocycles. The van der Waals surface area contributed by atoms with Crippen LogP contribution in [-0.2, 0) is 12.0 Å². The minimum Gasteiger partial charge on any atom is -0.332 e. The molecule has 0 fully saturated rings. The number of benzene rings is 1. The normalized spacial score (nSPS) is 11.7. The van der Waals surface area contributed by atoms with Gasteiger partial charge < -0.3 is 4.52 Å². The van der Waals surface area contributed by atoms with Crippen LogP contribution in [-0.4, -0.2) is 19.9 Å². The highest BCUT2D eigenvalue weighted by atomic mass is 16.5. The fourth-order valence-corrected chi connectivity index (χ4v) is 2.29. The van der Waals surface area contributed by atoms with E-state index >= 15 is 0 Å². The van der Waals surface area contributed by atoms with Crippen LogP contribution in [0.1, 0.15) is 37.7 Å². The Morgan fingerprint density at radius 3 is 2.62 bits per heavy atom. The largest absolute Gasteiger partial charge is 0.332 e. The monoisotopic (exact) mass is 324 g/mol. The summed E-state index contributed by atoms with van der Waals surface area (Å²) in [6.45, 7) is 8.44. The highest BCUT2D eigenvalue weighted by Crippen LogP contribution is 2.22. The molecule has 0 bridgehead atoms. The third-order valence-corrected chi connectivity index (χ3v) is 3.60. The summed E-state index contributed by atoms with van der Waals surface area (Å²) in [5.74, 6) is 0.925. The average Bonchev–Trinajstić information content (AvgIpc) is 2.99. The lowest BCUT2D eigenvalue weighted by Gasteiger charge is -2.10. The minimum absolute atomic E-state index is 0.171. The molecule has 2 heterocycles. The Kier molecular flexibility index (Phi) is 4.05. The van der Waals surface area contributed by atoms with E-state index in [2.05, 4.69) is 15.2 Å². The van der Waals surface area contributed by atoms with Crippen molar-refractivity contribution in [2.24, 2.45) is 0 Å². The molecule has 2 aromatic heterocycles. The smallest absolute Gasteiger partial charge is 0.278 e. The van der Waals surface area contributed by atoms with Gasteiger partial charge in [0.25, 0.3) is 11.4 Å². The Bertz CT molecular complexity index is 919. The summed E-state index contributed by atoms with van der Waals surface area (Å²) in [6.07, 6.45) is 0. The van der Waals surface area contributed by atoms with Gasteiger partial charge in [-0.05, 0) is 18.6 Å². The average molecular weight is 324 g/mol. The van der Waals surface area contributed by atoms with E-state index < -0.39 is 0 Å². The predicted octanol–water partition coefficient (Wildman–Crippen LogP) is 2.95. The fourth-order valence-electron chi connectivity index (χ4n) is 2.29. The first-order valence-corrected chi connectivity index (χ1v) is 7.81. The molecule has 0 atom stereocenters. The molecule has 24 heavy (non-hydrogen) atoms. The molecule has 3 rings (SSSR count).